The summed E-state index contributed by atoms with van der Waals surface area (Å²) in [5.74, 6) is -0.755. The maximum atomic E-state index is 13.5. The molecule has 4 aromatic rings. The molecule has 0 fully saturated rings. The Balaban J connectivity index is 1.61. The summed E-state index contributed by atoms with van der Waals surface area (Å²) in [5.41, 5.74) is 3.20. The Bertz CT molecular complexity index is 1380. The number of nitrogens with zero attached hydrogens (tertiary/aromatic N) is 4. The summed E-state index contributed by atoms with van der Waals surface area (Å²) < 4.78 is 33.5. The van der Waals surface area contributed by atoms with Crippen LogP contribution in [0, 0.1) is 0 Å². The first-order valence-corrected chi connectivity index (χ1v) is 12.0. The number of carboxylic acid groups (broad SMARTS) is 1. The molecular formula is C25H22N4O5S. The molecule has 0 aliphatic rings. The Morgan fingerprint density at radius 3 is 2.31 bits per heavy atom. The van der Waals surface area contributed by atoms with Crippen LogP contribution in [0.2, 0.25) is 0 Å². The Kier molecular flexibility index (Phi) is 7.44. The molecule has 9 nitrogen and oxygen atoms in total. The maximum Gasteiger partial charge on any atom is 0.341 e. The molecule has 0 saturated carbocycles. The van der Waals surface area contributed by atoms with Gasteiger partial charge in [-0.2, -0.15) is 4.31 Å². The minimum absolute atomic E-state index is 0.0391. The summed E-state index contributed by atoms with van der Waals surface area (Å²) in [7, 11) is -3.93. The van der Waals surface area contributed by atoms with E-state index >= 15 is 0 Å². The molecule has 0 atom stereocenters. The van der Waals surface area contributed by atoms with Crippen molar-refractivity contribution in [3.05, 3.63) is 103 Å². The van der Waals surface area contributed by atoms with E-state index < -0.39 is 22.6 Å². The third-order valence-corrected chi connectivity index (χ3v) is 6.78. The Labute approximate surface area is 202 Å². The highest BCUT2D eigenvalue weighted by Gasteiger charge is 2.26. The number of aliphatic carboxylic acids is 1. The number of rotatable bonds is 10. The van der Waals surface area contributed by atoms with Crippen molar-refractivity contribution >= 4 is 16.0 Å². The number of hydrogen-bond acceptors (Lipinski definition) is 7. The van der Waals surface area contributed by atoms with Crippen molar-refractivity contribution in [2.24, 2.45) is 0 Å². The van der Waals surface area contributed by atoms with Crippen LogP contribution in [0.5, 0.6) is 5.75 Å². The number of carbonyl (C=O) groups is 1. The Hall–Kier alpha value is -4.15. The number of ether oxygens (including phenoxy) is 1. The molecule has 2 heterocycles. The number of aromatic nitrogens is 3. The summed E-state index contributed by atoms with van der Waals surface area (Å²) in [4.78, 5) is 22.9. The third kappa shape index (κ3) is 6.25. The van der Waals surface area contributed by atoms with E-state index in [2.05, 4.69) is 15.0 Å². The maximum absolute atomic E-state index is 13.5. The average Bonchev–Trinajstić information content (AvgIpc) is 2.89. The van der Waals surface area contributed by atoms with E-state index in [9.17, 15) is 13.2 Å². The molecule has 0 radical (unpaired) electrons. The number of carboxylic acids is 1. The van der Waals surface area contributed by atoms with Crippen LogP contribution in [0.4, 0.5) is 0 Å². The number of hydrogen-bond donors (Lipinski definition) is 1. The molecule has 178 valence electrons. The van der Waals surface area contributed by atoms with E-state index in [0.29, 0.717) is 11.3 Å². The standard InChI is InChI=1S/C25H22N4O5S/c30-25(31)17-34-23-5-3-4-20(12-23)16-29(35(32,33)24-6-1-2-11-28-24)15-19-7-9-21(10-8-19)22-13-26-18-27-14-22/h1-14,18H,15-17H2,(H,30,31). The largest absolute Gasteiger partial charge is 0.482 e. The van der Waals surface area contributed by atoms with Crippen LogP contribution < -0.4 is 4.74 Å². The fraction of sp³-hybridized carbons (Fsp3) is 0.120. The summed E-state index contributed by atoms with van der Waals surface area (Å²) in [5, 5.41) is 8.79. The third-order valence-electron chi connectivity index (χ3n) is 5.07. The van der Waals surface area contributed by atoms with Gasteiger partial charge in [0.05, 0.1) is 0 Å². The lowest BCUT2D eigenvalue weighted by atomic mass is 10.1. The van der Waals surface area contributed by atoms with Gasteiger partial charge in [-0.3, -0.25) is 0 Å². The second-order valence-corrected chi connectivity index (χ2v) is 9.48. The number of sulfonamides is 1. The van der Waals surface area contributed by atoms with Crippen LogP contribution in [0.1, 0.15) is 11.1 Å². The van der Waals surface area contributed by atoms with Gasteiger partial charge in [0, 0.05) is 37.2 Å². The van der Waals surface area contributed by atoms with Gasteiger partial charge in [0.25, 0.3) is 10.0 Å². The minimum atomic E-state index is -3.93. The smallest absolute Gasteiger partial charge is 0.341 e. The van der Waals surface area contributed by atoms with Crippen LogP contribution in [0.3, 0.4) is 0 Å². The fourth-order valence-corrected chi connectivity index (χ4v) is 4.74. The molecule has 0 aliphatic carbocycles. The fourth-order valence-electron chi connectivity index (χ4n) is 3.39. The number of pyridine rings is 1. The molecule has 10 heteroatoms. The van der Waals surface area contributed by atoms with Gasteiger partial charge < -0.3 is 9.84 Å². The van der Waals surface area contributed by atoms with Gasteiger partial charge >= 0.3 is 5.97 Å². The van der Waals surface area contributed by atoms with Gasteiger partial charge in [0.15, 0.2) is 11.6 Å². The minimum Gasteiger partial charge on any atom is -0.482 e. The van der Waals surface area contributed by atoms with Crippen molar-refractivity contribution in [1.29, 1.82) is 0 Å². The van der Waals surface area contributed by atoms with E-state index in [4.69, 9.17) is 9.84 Å². The van der Waals surface area contributed by atoms with Crippen molar-refractivity contribution in [2.75, 3.05) is 6.61 Å². The molecular weight excluding hydrogens is 468 g/mol. The van der Waals surface area contributed by atoms with Gasteiger partial charge in [-0.25, -0.2) is 28.2 Å². The first-order chi connectivity index (χ1) is 16.9. The number of benzene rings is 2. The zero-order valence-electron chi connectivity index (χ0n) is 18.6. The lowest BCUT2D eigenvalue weighted by Gasteiger charge is -2.22. The van der Waals surface area contributed by atoms with Crippen molar-refractivity contribution in [2.45, 2.75) is 18.1 Å². The first-order valence-electron chi connectivity index (χ1n) is 10.6. The molecule has 2 aromatic carbocycles. The molecule has 0 spiro atoms. The van der Waals surface area contributed by atoms with Crippen molar-refractivity contribution in [3.63, 3.8) is 0 Å². The lowest BCUT2D eigenvalue weighted by Crippen LogP contribution is -2.31. The molecule has 0 bridgehead atoms. The summed E-state index contributed by atoms with van der Waals surface area (Å²) in [6.45, 7) is -0.347. The van der Waals surface area contributed by atoms with E-state index in [1.165, 1.54) is 22.9 Å². The zero-order chi connectivity index (χ0) is 24.7. The summed E-state index contributed by atoms with van der Waals surface area (Å²) >= 11 is 0. The van der Waals surface area contributed by atoms with Crippen LogP contribution >= 0.6 is 0 Å². The van der Waals surface area contributed by atoms with E-state index in [1.807, 2.05) is 24.3 Å². The van der Waals surface area contributed by atoms with Gasteiger partial charge in [-0.05, 0) is 41.0 Å². The quantitative estimate of drug-likeness (QED) is 0.359. The van der Waals surface area contributed by atoms with E-state index in [0.717, 1.165) is 16.7 Å². The SMILES string of the molecule is O=C(O)COc1cccc(CN(Cc2ccc(-c3cncnc3)cc2)S(=O)(=O)c2ccccn2)c1. The summed E-state index contributed by atoms with van der Waals surface area (Å²) in [6.07, 6.45) is 6.31. The van der Waals surface area contributed by atoms with Gasteiger partial charge in [0.1, 0.15) is 12.1 Å². The topological polar surface area (TPSA) is 123 Å². The van der Waals surface area contributed by atoms with Crippen LogP contribution in [0.25, 0.3) is 11.1 Å². The molecule has 35 heavy (non-hydrogen) atoms. The highest BCUT2D eigenvalue weighted by atomic mass is 32.2. The second kappa shape index (κ2) is 10.9. The Morgan fingerprint density at radius 2 is 1.63 bits per heavy atom. The monoisotopic (exact) mass is 490 g/mol. The predicted molar refractivity (Wildman–Crippen MR) is 128 cm³/mol. The summed E-state index contributed by atoms with van der Waals surface area (Å²) in [6, 6.07) is 18.9. The molecule has 0 amide bonds. The second-order valence-electron chi connectivity index (χ2n) is 7.59. The van der Waals surface area contributed by atoms with Crippen molar-refractivity contribution < 1.29 is 23.1 Å². The lowest BCUT2D eigenvalue weighted by molar-refractivity contribution is -0.139. The van der Waals surface area contributed by atoms with Gasteiger partial charge in [0.2, 0.25) is 0 Å². The molecule has 1 N–H and O–H groups in total. The predicted octanol–water partition coefficient (Wildman–Crippen LogP) is 3.39. The first kappa shape index (κ1) is 24.0. The van der Waals surface area contributed by atoms with Gasteiger partial charge in [-0.15, -0.1) is 0 Å². The van der Waals surface area contributed by atoms with Gasteiger partial charge in [-0.1, -0.05) is 42.5 Å². The average molecular weight is 491 g/mol. The van der Waals surface area contributed by atoms with Crippen molar-refractivity contribution in [1.82, 2.24) is 19.3 Å². The van der Waals surface area contributed by atoms with Crippen LogP contribution in [-0.4, -0.2) is 45.4 Å². The van der Waals surface area contributed by atoms with E-state index in [1.54, 1.807) is 48.8 Å². The Morgan fingerprint density at radius 1 is 0.886 bits per heavy atom. The normalized spacial score (nSPS) is 11.3. The molecule has 0 aliphatic heterocycles. The zero-order valence-corrected chi connectivity index (χ0v) is 19.4. The van der Waals surface area contributed by atoms with Crippen LogP contribution in [-0.2, 0) is 27.9 Å². The highest BCUT2D eigenvalue weighted by molar-refractivity contribution is 7.89. The molecule has 0 saturated heterocycles. The van der Waals surface area contributed by atoms with Crippen molar-refractivity contribution in [3.8, 4) is 16.9 Å². The molecule has 4 rings (SSSR count). The molecule has 2 aromatic heterocycles. The van der Waals surface area contributed by atoms with Crippen LogP contribution in [0.15, 0.2) is 96.7 Å². The van der Waals surface area contributed by atoms with E-state index in [-0.39, 0.29) is 18.1 Å². The highest BCUT2D eigenvalue weighted by Crippen LogP contribution is 2.24. The molecule has 0 unspecified atom stereocenters.